The van der Waals surface area contributed by atoms with Crippen LogP contribution in [0.2, 0.25) is 5.28 Å². The molecule has 0 unspecified atom stereocenters. The molecule has 1 atom stereocenters. The molecule has 14 heteroatoms. The van der Waals surface area contributed by atoms with E-state index in [9.17, 15) is 21.6 Å². The summed E-state index contributed by atoms with van der Waals surface area (Å²) in [5, 5.41) is 2.94. The Kier molecular flexibility index (Phi) is 6.44. The van der Waals surface area contributed by atoms with Crippen molar-refractivity contribution in [2.45, 2.75) is 32.2 Å². The number of hydrogen-bond donors (Lipinski definition) is 2. The van der Waals surface area contributed by atoms with Crippen LogP contribution in [0.5, 0.6) is 0 Å². The van der Waals surface area contributed by atoms with Gasteiger partial charge in [-0.25, -0.2) is 9.97 Å². The third kappa shape index (κ3) is 5.01. The van der Waals surface area contributed by atoms with E-state index in [2.05, 4.69) is 15.3 Å². The summed E-state index contributed by atoms with van der Waals surface area (Å²) in [5.74, 6) is 0.258. The quantitative estimate of drug-likeness (QED) is 0.473. The van der Waals surface area contributed by atoms with Gasteiger partial charge in [-0.3, -0.25) is 0 Å². The molecule has 2 aliphatic heterocycles. The number of halogens is 4. The fourth-order valence-corrected chi connectivity index (χ4v) is 5.50. The maximum absolute atomic E-state index is 13.2. The Bertz CT molecular complexity index is 1160. The molecule has 0 saturated carbocycles. The third-order valence-corrected chi connectivity index (χ3v) is 7.60. The first-order valence-electron chi connectivity index (χ1n) is 10.1. The van der Waals surface area contributed by atoms with Gasteiger partial charge < -0.3 is 15.8 Å². The fourth-order valence-electron chi connectivity index (χ4n) is 3.80. The van der Waals surface area contributed by atoms with Crippen molar-refractivity contribution in [2.24, 2.45) is 0 Å². The van der Waals surface area contributed by atoms with E-state index in [1.54, 1.807) is 6.92 Å². The van der Waals surface area contributed by atoms with E-state index < -0.39 is 28.0 Å². The summed E-state index contributed by atoms with van der Waals surface area (Å²) in [6, 6.07) is 2.68. The predicted molar refractivity (Wildman–Crippen MR) is 115 cm³/mol. The second-order valence-corrected chi connectivity index (χ2v) is 10.1. The summed E-state index contributed by atoms with van der Waals surface area (Å²) in [5.41, 5.74) is 6.04. The highest BCUT2D eigenvalue weighted by atomic mass is 35.5. The number of rotatable bonds is 5. The molecule has 0 radical (unpaired) electrons. The van der Waals surface area contributed by atoms with E-state index >= 15 is 0 Å². The average molecular weight is 507 g/mol. The molecule has 33 heavy (non-hydrogen) atoms. The Labute approximate surface area is 193 Å². The SMILES string of the molecule is C[C@@H](Nc1nc(Cl)nc2c1CN(S(=O)(=O)N1CCOCC1)C2)c1cc(N)cc(C(F)(F)F)c1. The Morgan fingerprint density at radius 3 is 2.52 bits per heavy atom. The zero-order chi connectivity index (χ0) is 24.0. The van der Waals surface area contributed by atoms with Gasteiger partial charge in [0.1, 0.15) is 5.82 Å². The molecule has 3 heterocycles. The van der Waals surface area contributed by atoms with Crippen molar-refractivity contribution in [1.29, 1.82) is 0 Å². The normalized spacial score (nSPS) is 18.8. The molecule has 2 aliphatic rings. The molecule has 0 spiro atoms. The zero-order valence-electron chi connectivity index (χ0n) is 17.6. The van der Waals surface area contributed by atoms with Crippen LogP contribution in [0.3, 0.4) is 0 Å². The lowest BCUT2D eigenvalue weighted by molar-refractivity contribution is -0.137. The van der Waals surface area contributed by atoms with Crippen molar-refractivity contribution >= 4 is 33.3 Å². The minimum Gasteiger partial charge on any atom is -0.399 e. The predicted octanol–water partition coefficient (Wildman–Crippen LogP) is 2.80. The first-order chi connectivity index (χ1) is 15.4. The number of nitrogens with two attached hydrogens (primary N) is 1. The monoisotopic (exact) mass is 506 g/mol. The van der Waals surface area contributed by atoms with Gasteiger partial charge in [0.15, 0.2) is 0 Å². The molecule has 0 amide bonds. The Morgan fingerprint density at radius 2 is 1.85 bits per heavy atom. The number of morpholine rings is 1. The Hall–Kier alpha value is -2.19. The van der Waals surface area contributed by atoms with Crippen molar-refractivity contribution in [3.05, 3.63) is 45.9 Å². The van der Waals surface area contributed by atoms with E-state index in [1.807, 2.05) is 0 Å². The summed E-state index contributed by atoms with van der Waals surface area (Å²) in [4.78, 5) is 8.33. The molecular weight excluding hydrogens is 485 g/mol. The van der Waals surface area contributed by atoms with E-state index in [0.717, 1.165) is 12.1 Å². The summed E-state index contributed by atoms with van der Waals surface area (Å²) in [6.07, 6.45) is -4.54. The molecule has 0 aliphatic carbocycles. The molecular formula is C19H22ClF3N6O3S. The van der Waals surface area contributed by atoms with Gasteiger partial charge in [-0.15, -0.1) is 0 Å². The van der Waals surface area contributed by atoms with Crippen LogP contribution < -0.4 is 11.1 Å². The topological polar surface area (TPSA) is 114 Å². The van der Waals surface area contributed by atoms with Crippen molar-refractivity contribution in [3.63, 3.8) is 0 Å². The van der Waals surface area contributed by atoms with Gasteiger partial charge in [-0.1, -0.05) is 0 Å². The molecule has 1 saturated heterocycles. The number of aromatic nitrogens is 2. The van der Waals surface area contributed by atoms with Crippen LogP contribution in [0, 0.1) is 0 Å². The van der Waals surface area contributed by atoms with Crippen molar-refractivity contribution in [1.82, 2.24) is 18.6 Å². The number of alkyl halides is 3. The van der Waals surface area contributed by atoms with Crippen LogP contribution in [0.15, 0.2) is 18.2 Å². The van der Waals surface area contributed by atoms with Crippen LogP contribution in [0.4, 0.5) is 24.7 Å². The highest BCUT2D eigenvalue weighted by Gasteiger charge is 2.37. The molecule has 1 fully saturated rings. The lowest BCUT2D eigenvalue weighted by atomic mass is 10.0. The number of nitrogens with one attached hydrogen (secondary N) is 1. The Balaban J connectivity index is 1.59. The van der Waals surface area contributed by atoms with E-state index in [-0.39, 0.29) is 43.0 Å². The number of nitrogens with zero attached hydrogens (tertiary/aromatic N) is 4. The summed E-state index contributed by atoms with van der Waals surface area (Å²) < 4.78 is 73.5. The minimum atomic E-state index is -4.54. The molecule has 1 aromatic carbocycles. The van der Waals surface area contributed by atoms with Crippen LogP contribution in [0.1, 0.15) is 35.3 Å². The largest absolute Gasteiger partial charge is 0.416 e. The second-order valence-electron chi connectivity index (χ2n) is 7.81. The van der Waals surface area contributed by atoms with Gasteiger partial charge in [0.05, 0.1) is 37.1 Å². The number of fused-ring (bicyclic) bond motifs is 1. The van der Waals surface area contributed by atoms with Crippen molar-refractivity contribution in [3.8, 4) is 0 Å². The molecule has 4 rings (SSSR count). The van der Waals surface area contributed by atoms with Gasteiger partial charge in [-0.2, -0.15) is 30.2 Å². The summed E-state index contributed by atoms with van der Waals surface area (Å²) >= 11 is 6.05. The number of ether oxygens (including phenoxy) is 1. The second kappa shape index (κ2) is 8.87. The Morgan fingerprint density at radius 1 is 1.15 bits per heavy atom. The highest BCUT2D eigenvalue weighted by molar-refractivity contribution is 7.86. The minimum absolute atomic E-state index is 0.00593. The lowest BCUT2D eigenvalue weighted by Gasteiger charge is -2.29. The zero-order valence-corrected chi connectivity index (χ0v) is 19.1. The molecule has 180 valence electrons. The number of benzene rings is 1. The van der Waals surface area contributed by atoms with Crippen molar-refractivity contribution < 1.29 is 26.3 Å². The number of nitrogen functional groups attached to an aromatic ring is 1. The summed E-state index contributed by atoms with van der Waals surface area (Å²) in [6.45, 7) is 2.80. The maximum atomic E-state index is 13.2. The third-order valence-electron chi connectivity index (χ3n) is 5.51. The standard InChI is InChI=1S/C19H22ClF3N6O3S/c1-11(12-6-13(19(21,22)23)8-14(24)7-12)25-17-15-9-29(10-16(15)26-18(20)27-17)33(30,31)28-2-4-32-5-3-28/h6-8,11H,2-5,9-10,24H2,1H3,(H,25,26,27)/t11-/m1/s1. The molecule has 2 aromatic rings. The van der Waals surface area contributed by atoms with E-state index in [0.29, 0.717) is 30.0 Å². The van der Waals surface area contributed by atoms with Crippen LogP contribution in [0.25, 0.3) is 0 Å². The van der Waals surface area contributed by atoms with Gasteiger partial charge in [0.2, 0.25) is 5.28 Å². The van der Waals surface area contributed by atoms with E-state index in [1.165, 1.54) is 14.7 Å². The van der Waals surface area contributed by atoms with Crippen LogP contribution in [-0.2, 0) is 34.2 Å². The van der Waals surface area contributed by atoms with Crippen LogP contribution >= 0.6 is 11.6 Å². The van der Waals surface area contributed by atoms with E-state index in [4.69, 9.17) is 22.1 Å². The first-order valence-corrected chi connectivity index (χ1v) is 11.8. The average Bonchev–Trinajstić information content (AvgIpc) is 3.18. The smallest absolute Gasteiger partial charge is 0.399 e. The lowest BCUT2D eigenvalue weighted by Crippen LogP contribution is -2.46. The molecule has 1 aromatic heterocycles. The van der Waals surface area contributed by atoms with Gasteiger partial charge >= 0.3 is 6.18 Å². The highest BCUT2D eigenvalue weighted by Crippen LogP contribution is 2.35. The molecule has 3 N–H and O–H groups in total. The fraction of sp³-hybridized carbons (Fsp3) is 0.474. The first kappa shape index (κ1) is 24.0. The number of anilines is 2. The summed E-state index contributed by atoms with van der Waals surface area (Å²) in [7, 11) is -3.76. The number of hydrogen-bond acceptors (Lipinski definition) is 7. The molecule has 9 nitrogen and oxygen atoms in total. The van der Waals surface area contributed by atoms with Gasteiger partial charge in [0, 0.05) is 30.9 Å². The molecule has 0 bridgehead atoms. The maximum Gasteiger partial charge on any atom is 0.416 e. The van der Waals surface area contributed by atoms with Gasteiger partial charge in [0.25, 0.3) is 10.2 Å². The van der Waals surface area contributed by atoms with Crippen LogP contribution in [-0.4, -0.2) is 53.3 Å². The van der Waals surface area contributed by atoms with Gasteiger partial charge in [-0.05, 0) is 42.3 Å². The van der Waals surface area contributed by atoms with Crippen molar-refractivity contribution in [2.75, 3.05) is 37.4 Å².